The van der Waals surface area contributed by atoms with Crippen LogP contribution in [0.4, 0.5) is 0 Å². The predicted molar refractivity (Wildman–Crippen MR) is 60.5 cm³/mol. The number of hydrogen-bond acceptors (Lipinski definition) is 2. The third-order valence-electron chi connectivity index (χ3n) is 4.20. The molecule has 0 unspecified atom stereocenters. The van der Waals surface area contributed by atoms with Gasteiger partial charge in [-0.2, -0.15) is 0 Å². The molecule has 2 aliphatic rings. The molecule has 1 saturated carbocycles. The third-order valence-corrected chi connectivity index (χ3v) is 4.20. The van der Waals surface area contributed by atoms with Gasteiger partial charge in [0.2, 0.25) is 0 Å². The Hall–Kier alpha value is -0.0800. The molecule has 0 aromatic rings. The number of nitrogens with zero attached hydrogens (tertiary/aromatic N) is 1. The summed E-state index contributed by atoms with van der Waals surface area (Å²) in [6, 6.07) is 0. The van der Waals surface area contributed by atoms with Gasteiger partial charge in [-0.1, -0.05) is 13.8 Å². The summed E-state index contributed by atoms with van der Waals surface area (Å²) >= 11 is 0. The van der Waals surface area contributed by atoms with Crippen LogP contribution in [0.1, 0.15) is 39.5 Å². The quantitative estimate of drug-likeness (QED) is 0.738. The number of piperidine rings is 1. The zero-order valence-electron chi connectivity index (χ0n) is 9.68. The van der Waals surface area contributed by atoms with Gasteiger partial charge in [0, 0.05) is 5.54 Å². The van der Waals surface area contributed by atoms with E-state index < -0.39 is 0 Å². The molecule has 2 nitrogen and oxygen atoms in total. The molecule has 1 N–H and O–H groups in total. The fraction of sp³-hybridized carbons (Fsp3) is 1.00. The van der Waals surface area contributed by atoms with E-state index in [2.05, 4.69) is 24.1 Å². The van der Waals surface area contributed by atoms with E-state index in [9.17, 15) is 0 Å². The van der Waals surface area contributed by atoms with Crippen molar-refractivity contribution in [3.63, 3.8) is 0 Å². The van der Waals surface area contributed by atoms with Gasteiger partial charge in [-0.25, -0.2) is 0 Å². The molecule has 1 aliphatic carbocycles. The molecule has 0 aromatic heterocycles. The van der Waals surface area contributed by atoms with Crippen LogP contribution in [0.3, 0.4) is 0 Å². The molecule has 0 spiro atoms. The molecule has 2 heteroatoms. The molecule has 82 valence electrons. The first-order valence-corrected chi connectivity index (χ1v) is 6.29. The van der Waals surface area contributed by atoms with Crippen LogP contribution in [0.2, 0.25) is 0 Å². The Balaban J connectivity index is 2.10. The fourth-order valence-corrected chi connectivity index (χ4v) is 3.32. The molecule has 0 radical (unpaired) electrons. The van der Waals surface area contributed by atoms with E-state index in [1.54, 1.807) is 0 Å². The van der Waals surface area contributed by atoms with Crippen molar-refractivity contribution in [2.45, 2.75) is 45.1 Å². The van der Waals surface area contributed by atoms with E-state index >= 15 is 0 Å². The standard InChI is InChI=1S/C12H24N2/c1-3-14(4-2)12(11-5-6-11)7-9-13-10-8-12/h11,13H,3-10H2,1-2H3. The molecule has 0 aromatic carbocycles. The number of nitrogens with one attached hydrogen (secondary N) is 1. The minimum Gasteiger partial charge on any atom is -0.317 e. The van der Waals surface area contributed by atoms with Crippen LogP contribution in [-0.4, -0.2) is 36.6 Å². The fourth-order valence-electron chi connectivity index (χ4n) is 3.32. The van der Waals surface area contributed by atoms with Crippen molar-refractivity contribution >= 4 is 0 Å². The Labute approximate surface area is 88.1 Å². The maximum Gasteiger partial charge on any atom is 0.0261 e. The van der Waals surface area contributed by atoms with E-state index in [0.29, 0.717) is 5.54 Å². The summed E-state index contributed by atoms with van der Waals surface area (Å²) in [5.41, 5.74) is 0.578. The Morgan fingerprint density at radius 2 is 1.71 bits per heavy atom. The van der Waals surface area contributed by atoms with Gasteiger partial charge in [-0.05, 0) is 57.8 Å². The number of rotatable bonds is 4. The maximum absolute atomic E-state index is 3.50. The van der Waals surface area contributed by atoms with Crippen molar-refractivity contribution in [3.05, 3.63) is 0 Å². The minimum atomic E-state index is 0.578. The first kappa shape index (κ1) is 10.4. The molecule has 1 saturated heterocycles. The highest BCUT2D eigenvalue weighted by Crippen LogP contribution is 2.47. The van der Waals surface area contributed by atoms with Gasteiger partial charge in [0.1, 0.15) is 0 Å². The number of hydrogen-bond donors (Lipinski definition) is 1. The molecular formula is C12H24N2. The first-order chi connectivity index (χ1) is 6.83. The van der Waals surface area contributed by atoms with E-state index in [4.69, 9.17) is 0 Å². The van der Waals surface area contributed by atoms with Crippen LogP contribution in [0.15, 0.2) is 0 Å². The lowest BCUT2D eigenvalue weighted by atomic mass is 9.81. The molecule has 0 amide bonds. The average molecular weight is 196 g/mol. The molecule has 2 rings (SSSR count). The van der Waals surface area contributed by atoms with Crippen LogP contribution < -0.4 is 5.32 Å². The van der Waals surface area contributed by atoms with Crippen LogP contribution in [0.5, 0.6) is 0 Å². The summed E-state index contributed by atoms with van der Waals surface area (Å²) in [4.78, 5) is 2.73. The van der Waals surface area contributed by atoms with Gasteiger partial charge in [0.15, 0.2) is 0 Å². The predicted octanol–water partition coefficient (Wildman–Crippen LogP) is 1.86. The molecule has 2 fully saturated rings. The van der Waals surface area contributed by atoms with Crippen LogP contribution in [0.25, 0.3) is 0 Å². The Morgan fingerprint density at radius 1 is 1.14 bits per heavy atom. The van der Waals surface area contributed by atoms with E-state index in [0.717, 1.165) is 5.92 Å². The van der Waals surface area contributed by atoms with Gasteiger partial charge >= 0.3 is 0 Å². The molecule has 1 heterocycles. The van der Waals surface area contributed by atoms with E-state index in [-0.39, 0.29) is 0 Å². The van der Waals surface area contributed by atoms with Crippen molar-refractivity contribution in [3.8, 4) is 0 Å². The summed E-state index contributed by atoms with van der Waals surface area (Å²) in [6.07, 6.45) is 5.71. The Bertz CT molecular complexity index is 177. The smallest absolute Gasteiger partial charge is 0.0261 e. The van der Waals surface area contributed by atoms with Crippen molar-refractivity contribution < 1.29 is 0 Å². The highest BCUT2D eigenvalue weighted by atomic mass is 15.2. The summed E-state index contributed by atoms with van der Waals surface area (Å²) < 4.78 is 0. The zero-order chi connectivity index (χ0) is 10.0. The second-order valence-electron chi connectivity index (χ2n) is 4.80. The topological polar surface area (TPSA) is 15.3 Å². The Kier molecular flexibility index (Phi) is 3.13. The second kappa shape index (κ2) is 4.19. The lowest BCUT2D eigenvalue weighted by molar-refractivity contribution is 0.0452. The first-order valence-electron chi connectivity index (χ1n) is 6.29. The monoisotopic (exact) mass is 196 g/mol. The second-order valence-corrected chi connectivity index (χ2v) is 4.80. The SMILES string of the molecule is CCN(CC)C1(C2CC2)CCNCC1. The minimum absolute atomic E-state index is 0.578. The summed E-state index contributed by atoms with van der Waals surface area (Å²) in [7, 11) is 0. The van der Waals surface area contributed by atoms with E-state index in [1.165, 1.54) is 51.9 Å². The van der Waals surface area contributed by atoms with Gasteiger partial charge in [0.05, 0.1) is 0 Å². The summed E-state index contributed by atoms with van der Waals surface area (Å²) in [5, 5.41) is 3.50. The highest BCUT2D eigenvalue weighted by Gasteiger charge is 2.48. The van der Waals surface area contributed by atoms with E-state index in [1.807, 2.05) is 0 Å². The van der Waals surface area contributed by atoms with Gasteiger partial charge in [-0.15, -0.1) is 0 Å². The third kappa shape index (κ3) is 1.70. The van der Waals surface area contributed by atoms with Crippen molar-refractivity contribution in [2.75, 3.05) is 26.2 Å². The van der Waals surface area contributed by atoms with Crippen LogP contribution in [-0.2, 0) is 0 Å². The summed E-state index contributed by atoms with van der Waals surface area (Å²) in [6.45, 7) is 9.55. The molecule has 14 heavy (non-hydrogen) atoms. The van der Waals surface area contributed by atoms with Gasteiger partial charge < -0.3 is 5.32 Å². The molecule has 0 atom stereocenters. The molecular weight excluding hydrogens is 172 g/mol. The molecule has 1 aliphatic heterocycles. The van der Waals surface area contributed by atoms with Gasteiger partial charge in [-0.3, -0.25) is 4.90 Å². The van der Waals surface area contributed by atoms with Crippen molar-refractivity contribution in [1.82, 2.24) is 10.2 Å². The zero-order valence-corrected chi connectivity index (χ0v) is 9.68. The lowest BCUT2D eigenvalue weighted by Crippen LogP contribution is -2.56. The van der Waals surface area contributed by atoms with Crippen molar-refractivity contribution in [1.29, 1.82) is 0 Å². The largest absolute Gasteiger partial charge is 0.317 e. The highest BCUT2D eigenvalue weighted by molar-refractivity contribution is 5.04. The van der Waals surface area contributed by atoms with Crippen LogP contribution >= 0.6 is 0 Å². The molecule has 0 bridgehead atoms. The average Bonchev–Trinajstić information content (AvgIpc) is 3.04. The van der Waals surface area contributed by atoms with Crippen LogP contribution in [0, 0.1) is 5.92 Å². The van der Waals surface area contributed by atoms with Crippen molar-refractivity contribution in [2.24, 2.45) is 5.92 Å². The van der Waals surface area contributed by atoms with Gasteiger partial charge in [0.25, 0.3) is 0 Å². The normalized spacial score (nSPS) is 26.8. The lowest BCUT2D eigenvalue weighted by Gasteiger charge is -2.47. The summed E-state index contributed by atoms with van der Waals surface area (Å²) in [5.74, 6) is 1.02. The maximum atomic E-state index is 3.50. The Morgan fingerprint density at radius 3 is 2.14 bits per heavy atom.